The van der Waals surface area contributed by atoms with Gasteiger partial charge in [-0.3, -0.25) is 14.9 Å². The molecule has 0 aromatic heterocycles. The van der Waals surface area contributed by atoms with Crippen molar-refractivity contribution in [2.45, 2.75) is 61.8 Å². The number of morpholine rings is 1. The van der Waals surface area contributed by atoms with Gasteiger partial charge in [0.05, 0.1) is 23.0 Å². The van der Waals surface area contributed by atoms with E-state index in [9.17, 15) is 23.3 Å². The molecule has 6 fully saturated rings. The van der Waals surface area contributed by atoms with E-state index in [1.54, 1.807) is 6.07 Å². The molecule has 11 heteroatoms. The van der Waals surface area contributed by atoms with E-state index in [-0.39, 0.29) is 41.0 Å². The number of carbonyl (C=O) groups excluding carboxylic acids is 1. The Morgan fingerprint density at radius 1 is 1.00 bits per heavy atom. The van der Waals surface area contributed by atoms with Crippen LogP contribution in [0.3, 0.4) is 0 Å². The number of ether oxygens (including phenoxy) is 1. The molecule has 1 N–H and O–H groups in total. The molecule has 7 rings (SSSR count). The van der Waals surface area contributed by atoms with Crippen molar-refractivity contribution >= 4 is 27.3 Å². The van der Waals surface area contributed by atoms with E-state index < -0.39 is 14.9 Å². The minimum atomic E-state index is -3.83. The summed E-state index contributed by atoms with van der Waals surface area (Å²) in [6.07, 6.45) is 8.61. The SMILES string of the molecule is O=C(NC12CC3CC(CC(C3)C1)C2)C1CCN(c2ccc(S(=O)(=O)N3CCOCC3)cc2[N+](=O)[O-])CC1. The third kappa shape index (κ3) is 4.74. The van der Waals surface area contributed by atoms with Gasteiger partial charge in [-0.15, -0.1) is 0 Å². The zero-order valence-corrected chi connectivity index (χ0v) is 22.0. The Morgan fingerprint density at radius 3 is 2.16 bits per heavy atom. The molecule has 4 aliphatic carbocycles. The van der Waals surface area contributed by atoms with Gasteiger partial charge in [0, 0.05) is 43.7 Å². The minimum absolute atomic E-state index is 0.0104. The molecule has 0 spiro atoms. The smallest absolute Gasteiger partial charge is 0.293 e. The number of hydrogen-bond donors (Lipinski definition) is 1. The number of nitrogens with one attached hydrogen (secondary N) is 1. The van der Waals surface area contributed by atoms with Crippen LogP contribution in [-0.4, -0.2) is 68.5 Å². The summed E-state index contributed by atoms with van der Waals surface area (Å²) in [6.45, 7) is 2.13. The zero-order valence-electron chi connectivity index (χ0n) is 21.1. The van der Waals surface area contributed by atoms with E-state index in [0.29, 0.717) is 44.8 Å². The molecule has 202 valence electrons. The number of hydrogen-bond acceptors (Lipinski definition) is 7. The predicted octanol–water partition coefficient (Wildman–Crippen LogP) is 2.92. The highest BCUT2D eigenvalue weighted by molar-refractivity contribution is 7.89. The molecule has 0 atom stereocenters. The van der Waals surface area contributed by atoms with Gasteiger partial charge < -0.3 is 15.0 Å². The number of anilines is 1. The maximum Gasteiger partial charge on any atom is 0.293 e. The van der Waals surface area contributed by atoms with Gasteiger partial charge in [0.15, 0.2) is 0 Å². The van der Waals surface area contributed by atoms with Crippen LogP contribution in [0.2, 0.25) is 0 Å². The van der Waals surface area contributed by atoms with Crippen molar-refractivity contribution in [1.82, 2.24) is 9.62 Å². The van der Waals surface area contributed by atoms with Crippen LogP contribution in [0, 0.1) is 33.8 Å². The second-order valence-corrected chi connectivity index (χ2v) is 13.8. The third-order valence-corrected chi connectivity index (χ3v) is 11.3. The number of nitrogens with zero attached hydrogens (tertiary/aromatic N) is 3. The Bertz CT molecular complexity index is 1140. The highest BCUT2D eigenvalue weighted by atomic mass is 32.2. The first kappa shape index (κ1) is 25.1. The second kappa shape index (κ2) is 9.50. The molecule has 2 saturated heterocycles. The van der Waals surface area contributed by atoms with Crippen molar-refractivity contribution in [3.63, 3.8) is 0 Å². The predicted molar refractivity (Wildman–Crippen MR) is 137 cm³/mol. The summed E-state index contributed by atoms with van der Waals surface area (Å²) in [5.41, 5.74) is 0.181. The summed E-state index contributed by atoms with van der Waals surface area (Å²) >= 11 is 0. The van der Waals surface area contributed by atoms with Crippen molar-refractivity contribution in [1.29, 1.82) is 0 Å². The van der Waals surface area contributed by atoms with Crippen molar-refractivity contribution in [2.24, 2.45) is 23.7 Å². The fourth-order valence-electron chi connectivity index (χ4n) is 8.02. The van der Waals surface area contributed by atoms with Crippen LogP contribution >= 0.6 is 0 Å². The molecule has 6 aliphatic rings. The van der Waals surface area contributed by atoms with E-state index in [1.807, 2.05) is 4.90 Å². The minimum Gasteiger partial charge on any atom is -0.379 e. The average Bonchev–Trinajstić information content (AvgIpc) is 2.88. The lowest BCUT2D eigenvalue weighted by Crippen LogP contribution is -2.61. The first-order chi connectivity index (χ1) is 17.7. The first-order valence-electron chi connectivity index (χ1n) is 13.7. The molecule has 10 nitrogen and oxygen atoms in total. The Hall–Kier alpha value is -2.24. The van der Waals surface area contributed by atoms with Gasteiger partial charge in [-0.2, -0.15) is 4.31 Å². The summed E-state index contributed by atoms with van der Waals surface area (Å²) in [5, 5.41) is 15.4. The number of nitro groups is 1. The van der Waals surface area contributed by atoms with Crippen LogP contribution in [0.15, 0.2) is 23.1 Å². The molecule has 0 unspecified atom stereocenters. The summed E-state index contributed by atoms with van der Waals surface area (Å²) in [4.78, 5) is 26.5. The molecular weight excluding hydrogens is 496 g/mol. The summed E-state index contributed by atoms with van der Waals surface area (Å²) in [5.74, 6) is 2.35. The van der Waals surface area contributed by atoms with Gasteiger partial charge in [0.2, 0.25) is 15.9 Å². The van der Waals surface area contributed by atoms with E-state index in [4.69, 9.17) is 4.74 Å². The second-order valence-electron chi connectivity index (χ2n) is 11.9. The molecule has 2 aliphatic heterocycles. The Labute approximate surface area is 217 Å². The number of benzene rings is 1. The molecule has 1 aromatic rings. The van der Waals surface area contributed by atoms with Crippen molar-refractivity contribution in [3.05, 3.63) is 28.3 Å². The molecule has 2 heterocycles. The number of amides is 1. The normalized spacial score (nSPS) is 32.4. The quantitative estimate of drug-likeness (QED) is 0.442. The third-order valence-electron chi connectivity index (χ3n) is 9.38. The van der Waals surface area contributed by atoms with Gasteiger partial charge in [-0.1, -0.05) is 0 Å². The van der Waals surface area contributed by atoms with E-state index >= 15 is 0 Å². The fraction of sp³-hybridized carbons (Fsp3) is 0.731. The van der Waals surface area contributed by atoms with Crippen molar-refractivity contribution in [3.8, 4) is 0 Å². The molecule has 1 aromatic carbocycles. The number of piperidine rings is 1. The van der Waals surface area contributed by atoms with Gasteiger partial charge in [0.1, 0.15) is 5.69 Å². The summed E-state index contributed by atoms with van der Waals surface area (Å²) in [7, 11) is -3.83. The number of carbonyl (C=O) groups is 1. The lowest BCUT2D eigenvalue weighted by Gasteiger charge is -2.57. The first-order valence-corrected chi connectivity index (χ1v) is 15.1. The lowest BCUT2D eigenvalue weighted by atomic mass is 9.53. The standard InChI is InChI=1S/C26H36N4O6S/c31-25(27-26-15-18-11-19(16-26)13-20(12-18)17-26)21-3-5-28(6-4-21)23-2-1-22(14-24(23)30(32)33)37(34,35)29-7-9-36-10-8-29/h1-2,14,18-21H,3-13,15-17H2,(H,27,31). The highest BCUT2D eigenvalue weighted by Gasteiger charge is 2.52. The number of sulfonamides is 1. The monoisotopic (exact) mass is 532 g/mol. The van der Waals surface area contributed by atoms with Crippen LogP contribution in [-0.2, 0) is 19.6 Å². The maximum absolute atomic E-state index is 13.3. The van der Waals surface area contributed by atoms with E-state index in [0.717, 1.165) is 37.0 Å². The van der Waals surface area contributed by atoms with Gasteiger partial charge >= 0.3 is 0 Å². The van der Waals surface area contributed by atoms with Crippen LogP contribution < -0.4 is 10.2 Å². The van der Waals surface area contributed by atoms with Crippen LogP contribution in [0.5, 0.6) is 0 Å². The zero-order chi connectivity index (χ0) is 25.8. The molecule has 4 saturated carbocycles. The molecule has 37 heavy (non-hydrogen) atoms. The van der Waals surface area contributed by atoms with Gasteiger partial charge in [0.25, 0.3) is 5.69 Å². The number of rotatable bonds is 6. The lowest BCUT2D eigenvalue weighted by molar-refractivity contribution is -0.384. The van der Waals surface area contributed by atoms with Crippen LogP contribution in [0.4, 0.5) is 11.4 Å². The highest BCUT2D eigenvalue weighted by Crippen LogP contribution is 2.55. The molecule has 1 amide bonds. The maximum atomic E-state index is 13.3. The fourth-order valence-corrected chi connectivity index (χ4v) is 9.45. The summed E-state index contributed by atoms with van der Waals surface area (Å²) < 4.78 is 32.6. The Morgan fingerprint density at radius 2 is 1.59 bits per heavy atom. The van der Waals surface area contributed by atoms with Crippen molar-refractivity contribution < 1.29 is 22.9 Å². The van der Waals surface area contributed by atoms with Crippen LogP contribution in [0.25, 0.3) is 0 Å². The average molecular weight is 533 g/mol. The Kier molecular flexibility index (Phi) is 6.43. The van der Waals surface area contributed by atoms with Crippen LogP contribution in [0.1, 0.15) is 51.4 Å². The van der Waals surface area contributed by atoms with E-state index in [1.165, 1.54) is 35.7 Å². The number of nitro benzene ring substituents is 1. The largest absolute Gasteiger partial charge is 0.379 e. The van der Waals surface area contributed by atoms with Crippen molar-refractivity contribution in [2.75, 3.05) is 44.3 Å². The molecule has 4 bridgehead atoms. The molecule has 0 radical (unpaired) electrons. The topological polar surface area (TPSA) is 122 Å². The summed E-state index contributed by atoms with van der Waals surface area (Å²) in [6, 6.07) is 4.17. The molecular formula is C26H36N4O6S. The van der Waals surface area contributed by atoms with Gasteiger partial charge in [-0.05, 0) is 81.3 Å². The van der Waals surface area contributed by atoms with Gasteiger partial charge in [-0.25, -0.2) is 8.42 Å². The van der Waals surface area contributed by atoms with E-state index in [2.05, 4.69) is 5.32 Å². The Balaban J connectivity index is 1.12.